The van der Waals surface area contributed by atoms with Crippen molar-refractivity contribution in [3.63, 3.8) is 0 Å². The first-order valence-electron chi connectivity index (χ1n) is 9.59. The summed E-state index contributed by atoms with van der Waals surface area (Å²) < 4.78 is 21.6. The van der Waals surface area contributed by atoms with Crippen LogP contribution in [-0.4, -0.2) is 23.7 Å². The number of anilines is 1. The van der Waals surface area contributed by atoms with E-state index in [-0.39, 0.29) is 22.9 Å². The molecule has 30 heavy (non-hydrogen) atoms. The molecule has 0 amide bonds. The van der Waals surface area contributed by atoms with E-state index < -0.39 is 13.5 Å². The van der Waals surface area contributed by atoms with E-state index in [1.807, 2.05) is 34.6 Å². The second-order valence-electron chi connectivity index (χ2n) is 7.98. The van der Waals surface area contributed by atoms with Crippen LogP contribution in [0.25, 0.3) is 0 Å². The number of nitrogens with zero attached hydrogens (tertiary/aromatic N) is 1. The number of rotatable bonds is 7. The molecule has 8 heteroatoms. The predicted octanol–water partition coefficient (Wildman–Crippen LogP) is 6.27. The number of thiophene rings is 1. The van der Waals surface area contributed by atoms with Crippen molar-refractivity contribution in [1.82, 2.24) is 0 Å². The second-order valence-corrected chi connectivity index (χ2v) is 11.7. The molecule has 5 nitrogen and oxygen atoms in total. The molecule has 0 fully saturated rings. The van der Waals surface area contributed by atoms with Gasteiger partial charge in [0, 0.05) is 16.5 Å². The average molecular weight is 468 g/mol. The number of halogens is 1. The standard InChI is InChI=1S/C22H27ClNO4PS/c1-7-28-29(27,17-10-8-16(23)9-11-17)24(15(2)3)19-14-18(12-13-22(4,5)6)30-20(19)21(25)26/h8-11,14-15H,7H2,1-6H3,(H,25,26). The number of carboxylic acid groups (broad SMARTS) is 1. The van der Waals surface area contributed by atoms with Crippen LogP contribution in [0.2, 0.25) is 5.02 Å². The number of aromatic carboxylic acids is 1. The predicted molar refractivity (Wildman–Crippen MR) is 126 cm³/mol. The summed E-state index contributed by atoms with van der Waals surface area (Å²) in [7, 11) is -3.61. The van der Waals surface area contributed by atoms with Crippen LogP contribution < -0.4 is 9.97 Å². The number of benzene rings is 1. The maximum Gasteiger partial charge on any atom is 0.348 e. The first-order valence-corrected chi connectivity index (χ1v) is 12.4. The van der Waals surface area contributed by atoms with Crippen LogP contribution in [0.5, 0.6) is 0 Å². The lowest BCUT2D eigenvalue weighted by Gasteiger charge is -2.35. The van der Waals surface area contributed by atoms with Gasteiger partial charge in [-0.25, -0.2) is 4.79 Å². The molecular weight excluding hydrogens is 441 g/mol. The summed E-state index contributed by atoms with van der Waals surface area (Å²) >= 11 is 7.08. The highest BCUT2D eigenvalue weighted by Gasteiger charge is 2.39. The third kappa shape index (κ3) is 5.68. The van der Waals surface area contributed by atoms with Crippen molar-refractivity contribution in [2.45, 2.75) is 47.6 Å². The summed E-state index contributed by atoms with van der Waals surface area (Å²) in [4.78, 5) is 12.7. The molecule has 2 aromatic rings. The number of carbonyl (C=O) groups is 1. The quantitative estimate of drug-likeness (QED) is 0.384. The third-order valence-corrected chi connectivity index (χ3v) is 8.03. The summed E-state index contributed by atoms with van der Waals surface area (Å²) in [6, 6.07) is 7.99. The molecule has 1 aromatic heterocycles. The van der Waals surface area contributed by atoms with Gasteiger partial charge in [0.2, 0.25) is 0 Å². The van der Waals surface area contributed by atoms with Gasteiger partial charge in [-0.3, -0.25) is 9.24 Å². The lowest BCUT2D eigenvalue weighted by atomic mass is 9.98. The van der Waals surface area contributed by atoms with Crippen molar-refractivity contribution in [3.05, 3.63) is 45.1 Å². The van der Waals surface area contributed by atoms with Crippen molar-refractivity contribution in [3.8, 4) is 11.8 Å². The Morgan fingerprint density at radius 2 is 1.90 bits per heavy atom. The van der Waals surface area contributed by atoms with Crippen LogP contribution in [0.1, 0.15) is 56.1 Å². The highest BCUT2D eigenvalue weighted by atomic mass is 35.5. The van der Waals surface area contributed by atoms with Crippen molar-refractivity contribution < 1.29 is 19.0 Å². The van der Waals surface area contributed by atoms with Gasteiger partial charge in [0.15, 0.2) is 0 Å². The minimum absolute atomic E-state index is 0.0794. The van der Waals surface area contributed by atoms with Gasteiger partial charge < -0.3 is 9.63 Å². The first kappa shape index (κ1) is 24.5. The normalized spacial score (nSPS) is 13.5. The Kier molecular flexibility index (Phi) is 7.82. The monoisotopic (exact) mass is 467 g/mol. The fourth-order valence-corrected chi connectivity index (χ4v) is 6.29. The summed E-state index contributed by atoms with van der Waals surface area (Å²) in [5, 5.41) is 10.8. The number of hydrogen-bond acceptors (Lipinski definition) is 4. The van der Waals surface area contributed by atoms with Gasteiger partial charge in [-0.05, 0) is 71.9 Å². The van der Waals surface area contributed by atoms with E-state index in [4.69, 9.17) is 16.1 Å². The molecule has 1 atom stereocenters. The van der Waals surface area contributed by atoms with Gasteiger partial charge >= 0.3 is 13.5 Å². The van der Waals surface area contributed by atoms with E-state index >= 15 is 0 Å². The van der Waals surface area contributed by atoms with E-state index in [1.54, 1.807) is 41.9 Å². The first-order chi connectivity index (χ1) is 13.9. The van der Waals surface area contributed by atoms with Gasteiger partial charge in [0.1, 0.15) is 4.88 Å². The summed E-state index contributed by atoms with van der Waals surface area (Å²) in [5.41, 5.74) is 0.113. The molecule has 1 unspecified atom stereocenters. The van der Waals surface area contributed by atoms with Crippen LogP contribution in [0.3, 0.4) is 0 Å². The molecule has 0 saturated heterocycles. The van der Waals surface area contributed by atoms with Crippen molar-refractivity contribution in [2.24, 2.45) is 5.41 Å². The summed E-state index contributed by atoms with van der Waals surface area (Å²) in [6.07, 6.45) is 0. The van der Waals surface area contributed by atoms with Gasteiger partial charge in [0.05, 0.1) is 22.5 Å². The molecule has 0 bridgehead atoms. The maximum atomic E-state index is 14.2. The molecule has 162 valence electrons. The Morgan fingerprint density at radius 3 is 2.37 bits per heavy atom. The molecule has 0 aliphatic rings. The molecule has 0 aliphatic carbocycles. The Labute approximate surface area is 187 Å². The zero-order valence-electron chi connectivity index (χ0n) is 18.0. The minimum atomic E-state index is -3.61. The maximum absolute atomic E-state index is 14.2. The smallest absolute Gasteiger partial charge is 0.348 e. The molecule has 1 heterocycles. The van der Waals surface area contributed by atoms with Crippen molar-refractivity contribution >= 4 is 47.4 Å². The minimum Gasteiger partial charge on any atom is -0.477 e. The largest absolute Gasteiger partial charge is 0.477 e. The Hall–Kier alpha value is -1.77. The second kappa shape index (κ2) is 9.58. The van der Waals surface area contributed by atoms with E-state index in [9.17, 15) is 14.5 Å². The summed E-state index contributed by atoms with van der Waals surface area (Å²) in [6.45, 7) is 11.6. The highest BCUT2D eigenvalue weighted by molar-refractivity contribution is 7.68. The van der Waals surface area contributed by atoms with Crippen LogP contribution in [0.15, 0.2) is 30.3 Å². The lowest BCUT2D eigenvalue weighted by molar-refractivity contribution is 0.0703. The van der Waals surface area contributed by atoms with Gasteiger partial charge in [-0.2, -0.15) is 0 Å². The molecule has 0 aliphatic heterocycles. The molecule has 1 N–H and O–H groups in total. The third-order valence-electron chi connectivity index (χ3n) is 3.94. The SMILES string of the molecule is CCOP(=O)(c1ccc(Cl)cc1)N(c1cc(C#CC(C)(C)C)sc1C(=O)O)C(C)C. The number of hydrogen-bond donors (Lipinski definition) is 1. The van der Waals surface area contributed by atoms with E-state index in [2.05, 4.69) is 11.8 Å². The number of carboxylic acids is 1. The van der Waals surface area contributed by atoms with E-state index in [0.29, 0.717) is 20.9 Å². The molecule has 0 radical (unpaired) electrons. The molecule has 2 rings (SSSR count). The molecule has 0 saturated carbocycles. The Balaban J connectivity index is 2.71. The summed E-state index contributed by atoms with van der Waals surface area (Å²) in [5.74, 6) is 5.08. The average Bonchev–Trinajstić information content (AvgIpc) is 3.04. The van der Waals surface area contributed by atoms with Gasteiger partial charge in [-0.15, -0.1) is 11.3 Å². The zero-order chi connectivity index (χ0) is 22.7. The molecular formula is C22H27ClNO4PS. The lowest BCUT2D eigenvalue weighted by Crippen LogP contribution is -2.34. The highest BCUT2D eigenvalue weighted by Crippen LogP contribution is 2.55. The zero-order valence-corrected chi connectivity index (χ0v) is 20.5. The van der Waals surface area contributed by atoms with Crippen molar-refractivity contribution in [2.75, 3.05) is 11.3 Å². The Bertz CT molecular complexity index is 1010. The molecule has 0 spiro atoms. The molecule has 1 aromatic carbocycles. The fraction of sp³-hybridized carbons (Fsp3) is 0.409. The van der Waals surface area contributed by atoms with Gasteiger partial charge in [-0.1, -0.05) is 23.4 Å². The topological polar surface area (TPSA) is 66.8 Å². The Morgan fingerprint density at radius 1 is 1.30 bits per heavy atom. The van der Waals surface area contributed by atoms with E-state index in [0.717, 1.165) is 11.3 Å². The van der Waals surface area contributed by atoms with Crippen LogP contribution in [0, 0.1) is 17.3 Å². The van der Waals surface area contributed by atoms with E-state index in [1.165, 1.54) is 0 Å². The fourth-order valence-electron chi connectivity index (χ4n) is 2.81. The van der Waals surface area contributed by atoms with Crippen molar-refractivity contribution in [1.29, 1.82) is 0 Å². The van der Waals surface area contributed by atoms with Gasteiger partial charge in [0.25, 0.3) is 0 Å². The van der Waals surface area contributed by atoms with Crippen LogP contribution in [-0.2, 0) is 9.09 Å². The van der Waals surface area contributed by atoms with Crippen LogP contribution in [0.4, 0.5) is 5.69 Å². The van der Waals surface area contributed by atoms with Crippen LogP contribution >= 0.6 is 30.5 Å².